The summed E-state index contributed by atoms with van der Waals surface area (Å²) < 4.78 is 5.02. The molecular weight excluding hydrogens is 262 g/mol. The molecule has 1 amide bonds. The van der Waals surface area contributed by atoms with Crippen LogP contribution < -0.4 is 5.73 Å². The lowest BCUT2D eigenvalue weighted by molar-refractivity contribution is 0.0671. The Balaban J connectivity index is 1.90. The summed E-state index contributed by atoms with van der Waals surface area (Å²) in [5.41, 5.74) is 7.17. The van der Waals surface area contributed by atoms with Crippen LogP contribution in [0, 0.1) is 0 Å². The van der Waals surface area contributed by atoms with Gasteiger partial charge in [0.2, 0.25) is 0 Å². The maximum Gasteiger partial charge on any atom is 0.409 e. The van der Waals surface area contributed by atoms with Gasteiger partial charge in [0.15, 0.2) is 0 Å². The molecular formula is C13H21N3O2S. The highest BCUT2D eigenvalue weighted by Crippen LogP contribution is 2.23. The highest BCUT2D eigenvalue weighted by molar-refractivity contribution is 7.07. The predicted octanol–water partition coefficient (Wildman–Crippen LogP) is 1.52. The number of amides is 1. The molecule has 5 nitrogen and oxygen atoms in total. The van der Waals surface area contributed by atoms with Crippen molar-refractivity contribution < 1.29 is 9.53 Å². The van der Waals surface area contributed by atoms with E-state index >= 15 is 0 Å². The van der Waals surface area contributed by atoms with Gasteiger partial charge in [-0.2, -0.15) is 11.3 Å². The Hall–Kier alpha value is -1.11. The lowest BCUT2D eigenvalue weighted by atomic mass is 10.1. The number of rotatable bonds is 4. The van der Waals surface area contributed by atoms with Crippen molar-refractivity contribution in [3.8, 4) is 0 Å². The first-order valence-electron chi connectivity index (χ1n) is 6.64. The molecule has 0 bridgehead atoms. The molecule has 0 aromatic carbocycles. The number of carbonyl (C=O) groups excluding carboxylic acids is 1. The van der Waals surface area contributed by atoms with Crippen LogP contribution in [-0.2, 0) is 4.74 Å². The average Bonchev–Trinajstić information content (AvgIpc) is 2.95. The summed E-state index contributed by atoms with van der Waals surface area (Å²) in [5.74, 6) is 0. The van der Waals surface area contributed by atoms with E-state index in [-0.39, 0.29) is 12.1 Å². The zero-order valence-corrected chi connectivity index (χ0v) is 12.1. The van der Waals surface area contributed by atoms with Crippen LogP contribution in [0.25, 0.3) is 0 Å². The first-order chi connectivity index (χ1) is 9.26. The number of hydrogen-bond acceptors (Lipinski definition) is 5. The smallest absolute Gasteiger partial charge is 0.409 e. The second kappa shape index (κ2) is 6.88. The molecule has 1 fully saturated rings. The molecule has 2 N–H and O–H groups in total. The Morgan fingerprint density at radius 2 is 2.21 bits per heavy atom. The second-order valence-electron chi connectivity index (χ2n) is 4.53. The lowest BCUT2D eigenvalue weighted by Gasteiger charge is -2.38. The first kappa shape index (κ1) is 14.3. The van der Waals surface area contributed by atoms with Crippen molar-refractivity contribution in [2.24, 2.45) is 5.73 Å². The summed E-state index contributed by atoms with van der Waals surface area (Å²) in [6.45, 7) is 5.97. The Kier molecular flexibility index (Phi) is 5.18. The van der Waals surface area contributed by atoms with Crippen LogP contribution in [0.2, 0.25) is 0 Å². The molecule has 0 spiro atoms. The fourth-order valence-electron chi connectivity index (χ4n) is 2.39. The van der Waals surface area contributed by atoms with Gasteiger partial charge in [-0.05, 0) is 29.3 Å². The van der Waals surface area contributed by atoms with Gasteiger partial charge in [0.1, 0.15) is 0 Å². The van der Waals surface area contributed by atoms with Crippen LogP contribution in [0.1, 0.15) is 18.5 Å². The molecule has 1 saturated heterocycles. The molecule has 6 heteroatoms. The highest BCUT2D eigenvalue weighted by Gasteiger charge is 2.26. The third kappa shape index (κ3) is 3.46. The first-order valence-corrected chi connectivity index (χ1v) is 7.58. The molecule has 2 heterocycles. The minimum atomic E-state index is -0.206. The minimum absolute atomic E-state index is 0.206. The summed E-state index contributed by atoms with van der Waals surface area (Å²) in [7, 11) is 0. The zero-order chi connectivity index (χ0) is 13.7. The van der Waals surface area contributed by atoms with Crippen LogP contribution >= 0.6 is 11.3 Å². The molecule has 1 unspecified atom stereocenters. The monoisotopic (exact) mass is 283 g/mol. The van der Waals surface area contributed by atoms with E-state index in [0.717, 1.165) is 13.1 Å². The van der Waals surface area contributed by atoms with Crippen LogP contribution in [0.4, 0.5) is 4.79 Å². The molecule has 0 saturated carbocycles. The van der Waals surface area contributed by atoms with E-state index in [4.69, 9.17) is 10.5 Å². The van der Waals surface area contributed by atoms with Gasteiger partial charge in [0.25, 0.3) is 0 Å². The number of hydrogen-bond donors (Lipinski definition) is 1. The molecule has 1 aliphatic rings. The number of nitrogens with two attached hydrogens (primary N) is 1. The van der Waals surface area contributed by atoms with Crippen molar-refractivity contribution in [1.82, 2.24) is 9.80 Å². The van der Waals surface area contributed by atoms with Gasteiger partial charge in [-0.25, -0.2) is 4.79 Å². The summed E-state index contributed by atoms with van der Waals surface area (Å²) in [6, 6.07) is 2.38. The summed E-state index contributed by atoms with van der Waals surface area (Å²) >= 11 is 1.69. The van der Waals surface area contributed by atoms with Crippen molar-refractivity contribution in [3.63, 3.8) is 0 Å². The van der Waals surface area contributed by atoms with Gasteiger partial charge in [-0.3, -0.25) is 4.90 Å². The van der Waals surface area contributed by atoms with Gasteiger partial charge in [-0.1, -0.05) is 0 Å². The lowest BCUT2D eigenvalue weighted by Crippen LogP contribution is -2.50. The number of carbonyl (C=O) groups is 1. The largest absolute Gasteiger partial charge is 0.450 e. The van der Waals surface area contributed by atoms with Crippen LogP contribution in [-0.4, -0.2) is 55.2 Å². The Morgan fingerprint density at radius 3 is 2.74 bits per heavy atom. The van der Waals surface area contributed by atoms with Crippen molar-refractivity contribution in [1.29, 1.82) is 0 Å². The van der Waals surface area contributed by atoms with E-state index < -0.39 is 0 Å². The molecule has 1 aromatic rings. The molecule has 2 rings (SSSR count). The van der Waals surface area contributed by atoms with E-state index in [2.05, 4.69) is 21.7 Å². The Labute approximate surface area is 117 Å². The molecule has 19 heavy (non-hydrogen) atoms. The predicted molar refractivity (Wildman–Crippen MR) is 76.3 cm³/mol. The van der Waals surface area contributed by atoms with E-state index in [0.29, 0.717) is 26.2 Å². The van der Waals surface area contributed by atoms with E-state index in [1.54, 1.807) is 16.2 Å². The van der Waals surface area contributed by atoms with Crippen molar-refractivity contribution in [2.75, 3.05) is 39.3 Å². The number of ether oxygens (including phenoxy) is 1. The van der Waals surface area contributed by atoms with Crippen molar-refractivity contribution in [2.45, 2.75) is 13.0 Å². The standard InChI is InChI=1S/C13H21N3O2S/c1-2-18-13(17)16-6-4-15(5-7-16)12(9-14)11-3-8-19-10-11/h3,8,10,12H,2,4-7,9,14H2,1H3. The molecule has 1 atom stereocenters. The molecule has 1 aliphatic heterocycles. The SMILES string of the molecule is CCOC(=O)N1CCN(C(CN)c2ccsc2)CC1. The number of thiophene rings is 1. The third-order valence-electron chi connectivity index (χ3n) is 3.43. The molecule has 1 aromatic heterocycles. The fraction of sp³-hybridized carbons (Fsp3) is 0.615. The topological polar surface area (TPSA) is 58.8 Å². The number of piperazine rings is 1. The van der Waals surface area contributed by atoms with Gasteiger partial charge < -0.3 is 15.4 Å². The van der Waals surface area contributed by atoms with Crippen molar-refractivity contribution >= 4 is 17.4 Å². The number of nitrogens with zero attached hydrogens (tertiary/aromatic N) is 2. The Morgan fingerprint density at radius 1 is 1.47 bits per heavy atom. The van der Waals surface area contributed by atoms with E-state index in [1.165, 1.54) is 5.56 Å². The van der Waals surface area contributed by atoms with E-state index in [1.807, 2.05) is 6.92 Å². The average molecular weight is 283 g/mol. The second-order valence-corrected chi connectivity index (χ2v) is 5.31. The van der Waals surface area contributed by atoms with Gasteiger partial charge in [0.05, 0.1) is 6.61 Å². The summed E-state index contributed by atoms with van der Waals surface area (Å²) in [5, 5.41) is 4.22. The van der Waals surface area contributed by atoms with E-state index in [9.17, 15) is 4.79 Å². The van der Waals surface area contributed by atoms with Crippen LogP contribution in [0.3, 0.4) is 0 Å². The quantitative estimate of drug-likeness (QED) is 0.910. The molecule has 106 valence electrons. The minimum Gasteiger partial charge on any atom is -0.450 e. The zero-order valence-electron chi connectivity index (χ0n) is 11.2. The van der Waals surface area contributed by atoms with Crippen LogP contribution in [0.15, 0.2) is 16.8 Å². The maximum atomic E-state index is 11.6. The molecule has 0 aliphatic carbocycles. The van der Waals surface area contributed by atoms with Gasteiger partial charge in [-0.15, -0.1) is 0 Å². The Bertz CT molecular complexity index is 389. The summed E-state index contributed by atoms with van der Waals surface area (Å²) in [6.07, 6.45) is -0.206. The third-order valence-corrected chi connectivity index (χ3v) is 4.13. The van der Waals surface area contributed by atoms with Crippen molar-refractivity contribution in [3.05, 3.63) is 22.4 Å². The van der Waals surface area contributed by atoms with Gasteiger partial charge >= 0.3 is 6.09 Å². The van der Waals surface area contributed by atoms with Crippen LogP contribution in [0.5, 0.6) is 0 Å². The summed E-state index contributed by atoms with van der Waals surface area (Å²) in [4.78, 5) is 15.7. The van der Waals surface area contributed by atoms with Gasteiger partial charge in [0, 0.05) is 38.8 Å². The highest BCUT2D eigenvalue weighted by atomic mass is 32.1. The molecule has 0 radical (unpaired) electrons. The maximum absolute atomic E-state index is 11.6. The fourth-order valence-corrected chi connectivity index (χ4v) is 3.10. The normalized spacial score (nSPS) is 18.3.